The van der Waals surface area contributed by atoms with Crippen LogP contribution in [0.5, 0.6) is 0 Å². The van der Waals surface area contributed by atoms with E-state index in [0.29, 0.717) is 4.47 Å². The molecule has 1 atom stereocenters. The molecule has 4 nitrogen and oxygen atoms in total. The lowest BCUT2D eigenvalue weighted by atomic mass is 10.0. The lowest BCUT2D eigenvalue weighted by Crippen LogP contribution is -2.30. The molecule has 0 saturated carbocycles. The predicted molar refractivity (Wildman–Crippen MR) is 66.5 cm³/mol. The first-order valence-corrected chi connectivity index (χ1v) is 5.81. The molecule has 1 aromatic heterocycles. The Balaban J connectivity index is 2.42. The van der Waals surface area contributed by atoms with Gasteiger partial charge in [-0.25, -0.2) is 9.82 Å². The summed E-state index contributed by atoms with van der Waals surface area (Å²) in [5, 5.41) is 4.07. The molecule has 90 valence electrons. The van der Waals surface area contributed by atoms with Gasteiger partial charge in [-0.05, 0) is 39.7 Å². The number of nitrogens with one attached hydrogen (secondary N) is 1. The maximum atomic E-state index is 13.5. The van der Waals surface area contributed by atoms with Crippen molar-refractivity contribution in [1.82, 2.24) is 15.2 Å². The van der Waals surface area contributed by atoms with Gasteiger partial charge in [0.25, 0.3) is 0 Å². The second-order valence-corrected chi connectivity index (χ2v) is 4.51. The zero-order valence-corrected chi connectivity index (χ0v) is 10.8. The van der Waals surface area contributed by atoms with Crippen molar-refractivity contribution < 1.29 is 4.39 Å². The van der Waals surface area contributed by atoms with Crippen molar-refractivity contribution in [2.24, 2.45) is 12.9 Å². The normalized spacial score (nSPS) is 12.7. The van der Waals surface area contributed by atoms with Gasteiger partial charge in [-0.15, -0.1) is 0 Å². The first kappa shape index (κ1) is 12.2. The average molecular weight is 299 g/mol. The van der Waals surface area contributed by atoms with Gasteiger partial charge in [0.2, 0.25) is 0 Å². The van der Waals surface area contributed by atoms with Gasteiger partial charge in [0.05, 0.1) is 16.2 Å². The third kappa shape index (κ3) is 2.38. The molecular formula is C11H12BrFN4. The third-order valence-corrected chi connectivity index (χ3v) is 3.24. The number of nitrogens with zero attached hydrogens (tertiary/aromatic N) is 2. The summed E-state index contributed by atoms with van der Waals surface area (Å²) in [6.45, 7) is 0. The molecule has 3 N–H and O–H groups in total. The first-order chi connectivity index (χ1) is 8.13. The summed E-state index contributed by atoms with van der Waals surface area (Å²) in [6.07, 6.45) is 1.68. The zero-order chi connectivity index (χ0) is 12.4. The zero-order valence-electron chi connectivity index (χ0n) is 9.19. The fraction of sp³-hybridized carbons (Fsp3) is 0.182. The van der Waals surface area contributed by atoms with Crippen molar-refractivity contribution in [3.05, 3.63) is 52.0 Å². The molecule has 6 heteroatoms. The standard InChI is InChI=1S/C11H12BrFN4/c1-17-10(4-5-15-17)11(16-14)7-2-3-8(12)9(13)6-7/h2-6,11,16H,14H2,1H3. The number of hydrogen-bond donors (Lipinski definition) is 2. The number of hydrogen-bond acceptors (Lipinski definition) is 3. The maximum Gasteiger partial charge on any atom is 0.137 e. The summed E-state index contributed by atoms with van der Waals surface area (Å²) < 4.78 is 15.6. The highest BCUT2D eigenvalue weighted by Crippen LogP contribution is 2.24. The van der Waals surface area contributed by atoms with Crippen LogP contribution in [0.3, 0.4) is 0 Å². The second kappa shape index (κ2) is 4.95. The van der Waals surface area contributed by atoms with Crippen LogP contribution in [0.2, 0.25) is 0 Å². The largest absolute Gasteiger partial charge is 0.271 e. The monoisotopic (exact) mass is 298 g/mol. The number of benzene rings is 1. The SMILES string of the molecule is Cn1nccc1C(NN)c1ccc(Br)c(F)c1. The highest BCUT2D eigenvalue weighted by Gasteiger charge is 2.16. The molecule has 1 unspecified atom stereocenters. The van der Waals surface area contributed by atoms with E-state index in [1.807, 2.05) is 19.2 Å². The van der Waals surface area contributed by atoms with Gasteiger partial charge in [-0.3, -0.25) is 10.5 Å². The molecule has 2 rings (SSSR count). The van der Waals surface area contributed by atoms with Gasteiger partial charge in [0.1, 0.15) is 5.82 Å². The maximum absolute atomic E-state index is 13.5. The smallest absolute Gasteiger partial charge is 0.137 e. The fourth-order valence-corrected chi connectivity index (χ4v) is 1.96. The van der Waals surface area contributed by atoms with E-state index in [-0.39, 0.29) is 11.9 Å². The molecule has 0 aliphatic rings. The van der Waals surface area contributed by atoms with E-state index in [4.69, 9.17) is 5.84 Å². The van der Waals surface area contributed by atoms with Crippen LogP contribution in [0, 0.1) is 5.82 Å². The van der Waals surface area contributed by atoms with Crippen LogP contribution in [0.1, 0.15) is 17.3 Å². The summed E-state index contributed by atoms with van der Waals surface area (Å²) in [4.78, 5) is 0. The third-order valence-electron chi connectivity index (χ3n) is 2.60. The van der Waals surface area contributed by atoms with E-state index in [1.54, 1.807) is 16.9 Å². The number of halogens is 2. The predicted octanol–water partition coefficient (Wildman–Crippen LogP) is 1.87. The van der Waals surface area contributed by atoms with Gasteiger partial charge in [-0.2, -0.15) is 5.10 Å². The minimum atomic E-state index is -0.315. The summed E-state index contributed by atoms with van der Waals surface area (Å²) >= 11 is 3.12. The summed E-state index contributed by atoms with van der Waals surface area (Å²) in [5.41, 5.74) is 4.28. The molecule has 2 aromatic rings. The summed E-state index contributed by atoms with van der Waals surface area (Å²) in [7, 11) is 1.81. The molecular weight excluding hydrogens is 287 g/mol. The van der Waals surface area contributed by atoms with Crippen LogP contribution >= 0.6 is 15.9 Å². The summed E-state index contributed by atoms with van der Waals surface area (Å²) in [5.74, 6) is 5.21. The Labute approximate surface area is 107 Å². The molecule has 0 aliphatic carbocycles. The van der Waals surface area contributed by atoms with Crippen molar-refractivity contribution >= 4 is 15.9 Å². The number of aromatic nitrogens is 2. The Morgan fingerprint density at radius 3 is 2.76 bits per heavy atom. The Kier molecular flexibility index (Phi) is 3.56. The molecule has 0 spiro atoms. The number of aryl methyl sites for hydroxylation is 1. The lowest BCUT2D eigenvalue weighted by molar-refractivity contribution is 0.565. The Hall–Kier alpha value is -1.24. The Morgan fingerprint density at radius 1 is 1.47 bits per heavy atom. The average Bonchev–Trinajstić information content (AvgIpc) is 2.71. The van der Waals surface area contributed by atoms with Crippen molar-refractivity contribution in [2.45, 2.75) is 6.04 Å². The molecule has 0 aliphatic heterocycles. The highest BCUT2D eigenvalue weighted by molar-refractivity contribution is 9.10. The van der Waals surface area contributed by atoms with E-state index < -0.39 is 0 Å². The van der Waals surface area contributed by atoms with Gasteiger partial charge >= 0.3 is 0 Å². The minimum Gasteiger partial charge on any atom is -0.271 e. The molecule has 17 heavy (non-hydrogen) atoms. The number of hydrazine groups is 1. The van der Waals surface area contributed by atoms with Crippen LogP contribution in [0.4, 0.5) is 4.39 Å². The Morgan fingerprint density at radius 2 is 2.24 bits per heavy atom. The van der Waals surface area contributed by atoms with Gasteiger partial charge < -0.3 is 0 Å². The molecule has 1 heterocycles. The summed E-state index contributed by atoms with van der Waals surface area (Å²) in [6, 6.07) is 6.47. The molecule has 0 saturated heterocycles. The van der Waals surface area contributed by atoms with Crippen LogP contribution in [-0.4, -0.2) is 9.78 Å². The van der Waals surface area contributed by atoms with Gasteiger partial charge in [0.15, 0.2) is 0 Å². The first-order valence-electron chi connectivity index (χ1n) is 5.02. The van der Waals surface area contributed by atoms with Crippen LogP contribution in [-0.2, 0) is 7.05 Å². The van der Waals surface area contributed by atoms with E-state index in [1.165, 1.54) is 6.07 Å². The number of nitrogens with two attached hydrogens (primary N) is 1. The van der Waals surface area contributed by atoms with Crippen LogP contribution < -0.4 is 11.3 Å². The number of rotatable bonds is 3. The van der Waals surface area contributed by atoms with Crippen molar-refractivity contribution in [2.75, 3.05) is 0 Å². The van der Waals surface area contributed by atoms with E-state index in [9.17, 15) is 4.39 Å². The van der Waals surface area contributed by atoms with Crippen molar-refractivity contribution in [1.29, 1.82) is 0 Å². The molecule has 0 amide bonds. The van der Waals surface area contributed by atoms with E-state index in [0.717, 1.165) is 11.3 Å². The minimum absolute atomic E-state index is 0.287. The van der Waals surface area contributed by atoms with Crippen molar-refractivity contribution in [3.8, 4) is 0 Å². The van der Waals surface area contributed by atoms with Gasteiger partial charge in [0, 0.05) is 13.2 Å². The molecule has 0 radical (unpaired) electrons. The van der Waals surface area contributed by atoms with E-state index in [2.05, 4.69) is 26.5 Å². The highest BCUT2D eigenvalue weighted by atomic mass is 79.9. The Bertz CT molecular complexity index is 526. The van der Waals surface area contributed by atoms with Crippen LogP contribution in [0.25, 0.3) is 0 Å². The topological polar surface area (TPSA) is 55.9 Å². The van der Waals surface area contributed by atoms with E-state index >= 15 is 0 Å². The lowest BCUT2D eigenvalue weighted by Gasteiger charge is -2.17. The quantitative estimate of drug-likeness (QED) is 0.672. The van der Waals surface area contributed by atoms with Gasteiger partial charge in [-0.1, -0.05) is 6.07 Å². The molecule has 1 aromatic carbocycles. The molecule has 0 fully saturated rings. The van der Waals surface area contributed by atoms with Crippen LogP contribution in [0.15, 0.2) is 34.9 Å². The fourth-order valence-electron chi connectivity index (χ4n) is 1.71. The second-order valence-electron chi connectivity index (χ2n) is 3.65. The molecule has 0 bridgehead atoms. The van der Waals surface area contributed by atoms with Crippen molar-refractivity contribution in [3.63, 3.8) is 0 Å².